The fourth-order valence-corrected chi connectivity index (χ4v) is 3.97. The zero-order valence-electron chi connectivity index (χ0n) is 29.2. The predicted molar refractivity (Wildman–Crippen MR) is 134 cm³/mol. The van der Waals surface area contributed by atoms with Gasteiger partial charge in [0.05, 0.1) is 0 Å². The van der Waals surface area contributed by atoms with E-state index in [1.807, 2.05) is 0 Å². The average Bonchev–Trinajstić information content (AvgIpc) is 2.99. The van der Waals surface area contributed by atoms with Gasteiger partial charge in [-0.05, 0) is 13.5 Å². The molecule has 0 aromatic heterocycles. The smallest absolute Gasteiger partial charge is 0.419 e. The quantitative estimate of drug-likeness (QED) is 0.0508. The van der Waals surface area contributed by atoms with Crippen molar-refractivity contribution in [2.45, 2.75) is 94.9 Å². The van der Waals surface area contributed by atoms with Crippen LogP contribution in [-0.4, -0.2) is 122 Å². The number of halogens is 32. The summed E-state index contributed by atoms with van der Waals surface area (Å²) in [6, 6.07) is -3.43. The third kappa shape index (κ3) is 12.5. The Labute approximate surface area is 349 Å². The van der Waals surface area contributed by atoms with Crippen molar-refractivity contribution in [1.29, 1.82) is 0 Å². The van der Waals surface area contributed by atoms with Gasteiger partial charge in [-0.2, -0.15) is 152 Å². The molecule has 0 aliphatic heterocycles. The molecule has 50 heteroatoms. The predicted octanol–water partition coefficient (Wildman–Crippen LogP) is 8.47. The summed E-state index contributed by atoms with van der Waals surface area (Å²) in [5.74, 6) is -15.6. The third-order valence-electron chi connectivity index (χ3n) is 5.68. The monoisotopic (exact) mass is 1180 g/mol. The summed E-state index contributed by atoms with van der Waals surface area (Å²) in [6.45, 7) is 1.19. The van der Waals surface area contributed by atoms with Gasteiger partial charge >= 0.3 is 122 Å². The van der Waals surface area contributed by atoms with Gasteiger partial charge < -0.3 is 4.74 Å². The first-order valence-electron chi connectivity index (χ1n) is 13.5. The number of ether oxygens (including phenoxy) is 6. The van der Waals surface area contributed by atoms with Crippen molar-refractivity contribution in [2.75, 3.05) is 0 Å². The van der Waals surface area contributed by atoms with Crippen molar-refractivity contribution in [3.8, 4) is 0 Å². The van der Waals surface area contributed by atoms with E-state index >= 15 is 0 Å². The Morgan fingerprint density at radius 3 is 0.735 bits per heavy atom. The molecule has 0 rings (SSSR count). The number of hydrogen-bond donors (Lipinski definition) is 0. The molecule has 0 saturated carbocycles. The second-order valence-electron chi connectivity index (χ2n) is 10.7. The van der Waals surface area contributed by atoms with Gasteiger partial charge in [-0.1, -0.05) is 15.5 Å². The van der Waals surface area contributed by atoms with Gasteiger partial charge in [0.25, 0.3) is 6.01 Å². The van der Waals surface area contributed by atoms with Crippen LogP contribution >= 0.6 is 0 Å². The maximum atomic E-state index is 14.2. The van der Waals surface area contributed by atoms with E-state index < -0.39 is 135 Å². The summed E-state index contributed by atoms with van der Waals surface area (Å²) in [5.41, 5.74) is 0. The molecule has 68 heavy (non-hydrogen) atoms. The van der Waals surface area contributed by atoms with E-state index in [0.29, 0.717) is 0 Å². The van der Waals surface area contributed by atoms with Crippen molar-refractivity contribution in [3.05, 3.63) is 12.6 Å². The Bertz CT molecular complexity index is 2210. The second-order valence-corrected chi connectivity index (χ2v) is 16.2. The lowest BCUT2D eigenvalue weighted by Crippen LogP contribution is -2.68. The lowest BCUT2D eigenvalue weighted by atomic mass is 10.2. The summed E-state index contributed by atoms with van der Waals surface area (Å²) in [4.78, 5) is 0. The Morgan fingerprint density at radius 2 is 0.559 bits per heavy atom. The van der Waals surface area contributed by atoms with Crippen molar-refractivity contribution < 1.29 is 201 Å². The minimum absolute atomic E-state index is 0.357. The molecule has 0 aliphatic rings. The van der Waals surface area contributed by atoms with E-state index in [4.69, 9.17) is 0 Å². The lowest BCUT2D eigenvalue weighted by molar-refractivity contribution is -0.557. The highest BCUT2D eigenvalue weighted by atomic mass is 32.3. The maximum Gasteiger partial charge on any atom is 0.464 e. The topological polar surface area (TPSA) is 192 Å². The molecule has 2 atom stereocenters. The first kappa shape index (κ1) is 67.0. The Morgan fingerprint density at radius 1 is 0.368 bits per heavy atom. The van der Waals surface area contributed by atoms with E-state index in [1.54, 1.807) is 6.58 Å². The standard InChI is InChI=1S/C9H4F16O7S2.C9H2F16O7S2/c1-2(10)30-4(12,13)3(11,31-6(16,17)8(20,21)33(24,26)27)5(14,15)32-7(18,19)9(22,23)34(25,28)29;1-2(10)30-3(11,4(12,13)31-6(16,17)8(20,21)33(24,26)27)5(14,15)32-7(18,19)9(22,23)34(25,28)29/h2H,1H3;1H2. The largest absolute Gasteiger partial charge is 0.464 e. The van der Waals surface area contributed by atoms with E-state index in [0.717, 1.165) is 0 Å². The Balaban J connectivity index is 0. The molecule has 0 spiro atoms. The summed E-state index contributed by atoms with van der Waals surface area (Å²) in [5, 5.41) is -30.3. The average molecular weight is 1180 g/mol. The Kier molecular flexibility index (Phi) is 18.2. The molecule has 0 saturated heterocycles. The van der Waals surface area contributed by atoms with Crippen molar-refractivity contribution in [3.63, 3.8) is 0 Å². The first-order chi connectivity index (χ1) is 28.7. The molecule has 0 radical (unpaired) electrons. The van der Waals surface area contributed by atoms with Crippen LogP contribution in [0, 0.1) is 0 Å². The SMILES string of the molecule is C=C(F)OC(F)(C(F)(F)OC(F)(F)C(F)(F)S(=O)(=O)F)C(F)(F)OC(F)(F)C(F)(F)S(=O)(=O)F.CC(F)OC(F)(F)C(F)(OC(F)(F)C(F)(F)S(=O)(=O)F)C(F)(F)OC(F)(F)C(F)(F)S(=O)(=O)F. The van der Waals surface area contributed by atoms with Gasteiger partial charge in [-0.3, -0.25) is 9.47 Å². The third-order valence-corrected chi connectivity index (χ3v) is 9.08. The van der Waals surface area contributed by atoms with Crippen molar-refractivity contribution >= 4 is 40.9 Å². The molecule has 0 aromatic rings. The second kappa shape index (κ2) is 18.5. The van der Waals surface area contributed by atoms with Crippen LogP contribution in [0.3, 0.4) is 0 Å². The minimum Gasteiger partial charge on any atom is -0.419 e. The van der Waals surface area contributed by atoms with Crippen molar-refractivity contribution in [2.24, 2.45) is 0 Å². The molecule has 2 unspecified atom stereocenters. The van der Waals surface area contributed by atoms with E-state index in [2.05, 4.69) is 9.47 Å². The summed E-state index contributed by atoms with van der Waals surface area (Å²) in [6.07, 6.45) is -65.9. The molecular weight excluding hydrogens is 1180 g/mol. The highest BCUT2D eigenvalue weighted by Crippen LogP contribution is 2.58. The van der Waals surface area contributed by atoms with Gasteiger partial charge in [0, 0.05) is 0 Å². The normalized spacial score (nSPS) is 17.2. The zero-order valence-corrected chi connectivity index (χ0v) is 32.5. The van der Waals surface area contributed by atoms with Crippen LogP contribution in [0.2, 0.25) is 0 Å². The van der Waals surface area contributed by atoms with Gasteiger partial charge in [0.1, 0.15) is 0 Å². The van der Waals surface area contributed by atoms with Crippen LogP contribution in [0.5, 0.6) is 0 Å². The van der Waals surface area contributed by atoms with Crippen LogP contribution in [0.15, 0.2) is 12.6 Å². The molecule has 0 aliphatic carbocycles. The van der Waals surface area contributed by atoms with E-state index in [-0.39, 0.29) is 6.92 Å². The number of alkyl halides is 27. The fourth-order valence-electron chi connectivity index (χ4n) is 2.67. The molecule has 0 N–H and O–H groups in total. The molecule has 410 valence electrons. The summed E-state index contributed by atoms with van der Waals surface area (Å²) >= 11 is 0. The van der Waals surface area contributed by atoms with Gasteiger partial charge in [0.2, 0.25) is 6.36 Å². The highest BCUT2D eigenvalue weighted by Gasteiger charge is 2.87. The van der Waals surface area contributed by atoms with Crippen LogP contribution in [-0.2, 0) is 69.3 Å². The summed E-state index contributed by atoms with van der Waals surface area (Å²) in [7, 11) is -32.3. The highest BCUT2D eigenvalue weighted by molar-refractivity contribution is 7.88. The zero-order chi connectivity index (χ0) is 56.4. The van der Waals surface area contributed by atoms with Gasteiger partial charge in [0.15, 0.2) is 0 Å². The molecule has 14 nitrogen and oxygen atoms in total. The fraction of sp³-hybridized carbons (Fsp3) is 0.889. The van der Waals surface area contributed by atoms with Crippen molar-refractivity contribution in [1.82, 2.24) is 0 Å². The molecule has 0 fully saturated rings. The van der Waals surface area contributed by atoms with Crippen LogP contribution in [0.25, 0.3) is 0 Å². The lowest BCUT2D eigenvalue weighted by Gasteiger charge is -2.40. The molecule has 0 heterocycles. The Hall–Kier alpha value is -3.10. The number of hydrogen-bond acceptors (Lipinski definition) is 14. The van der Waals surface area contributed by atoms with Crippen LogP contribution in [0.1, 0.15) is 6.92 Å². The molecular formula is C18H6F32O14S4. The maximum absolute atomic E-state index is 14.2. The summed E-state index contributed by atoms with van der Waals surface area (Å²) < 4.78 is 508. The number of rotatable bonds is 24. The first-order valence-corrected chi connectivity index (χ1v) is 19.0. The molecule has 0 amide bonds. The van der Waals surface area contributed by atoms with Gasteiger partial charge in [-0.15, -0.1) is 0 Å². The van der Waals surface area contributed by atoms with E-state index in [9.17, 15) is 172 Å². The molecule has 0 bridgehead atoms. The van der Waals surface area contributed by atoms with Crippen LogP contribution < -0.4 is 0 Å². The van der Waals surface area contributed by atoms with E-state index in [1.165, 1.54) is 18.9 Å². The van der Waals surface area contributed by atoms with Gasteiger partial charge in [-0.25, -0.2) is 18.6 Å². The minimum atomic E-state index is -8.14. The van der Waals surface area contributed by atoms with Crippen LogP contribution in [0.4, 0.5) is 138 Å². The molecule has 0 aromatic carbocycles.